The van der Waals surface area contributed by atoms with Crippen LogP contribution in [-0.2, 0) is 17.7 Å². The molecule has 0 unspecified atom stereocenters. The fourth-order valence-corrected chi connectivity index (χ4v) is 1.96. The molecule has 0 fully saturated rings. The van der Waals surface area contributed by atoms with Crippen molar-refractivity contribution in [2.75, 3.05) is 21.3 Å². The average molecular weight is 236 g/mol. The van der Waals surface area contributed by atoms with Gasteiger partial charge in [-0.2, -0.15) is 0 Å². The Hall–Kier alpha value is 1.62. The van der Waals surface area contributed by atoms with Crippen molar-refractivity contribution in [3.8, 4) is 0 Å². The molecule has 0 saturated carbocycles. The van der Waals surface area contributed by atoms with Gasteiger partial charge in [-0.15, -0.1) is 0 Å². The average Bonchev–Trinajstić information content (AvgIpc) is 2.00. The summed E-state index contributed by atoms with van der Waals surface area (Å²) in [6.07, 6.45) is 0. The van der Waals surface area contributed by atoms with E-state index in [1.165, 1.54) is 21.3 Å². The summed E-state index contributed by atoms with van der Waals surface area (Å²) in [5, 5.41) is 0.349. The van der Waals surface area contributed by atoms with Crippen LogP contribution in [0.25, 0.3) is 0 Å². The van der Waals surface area contributed by atoms with Crippen molar-refractivity contribution in [1.29, 1.82) is 0 Å². The molecule has 0 heterocycles. The van der Waals surface area contributed by atoms with Gasteiger partial charge in [-0.1, -0.05) is 0 Å². The molecule has 12 heavy (non-hydrogen) atoms. The molecule has 0 aromatic rings. The molecule has 0 saturated heterocycles. The zero-order chi connectivity index (χ0) is 8.91. The maximum atomic E-state index is 5.09. The minimum atomic E-state index is -2.92. The zero-order valence-corrected chi connectivity index (χ0v) is 8.86. The van der Waals surface area contributed by atoms with E-state index in [2.05, 4.69) is 0 Å². The summed E-state index contributed by atoms with van der Waals surface area (Å²) in [5.74, 6) is 0. The molecule has 7 heteroatoms. The van der Waals surface area contributed by atoms with Gasteiger partial charge in [0.1, 0.15) is 5.05 Å². The van der Waals surface area contributed by atoms with E-state index in [4.69, 9.17) is 29.9 Å². The van der Waals surface area contributed by atoms with E-state index in [9.17, 15) is 0 Å². The summed E-state index contributed by atoms with van der Waals surface area (Å²) in [6.45, 7) is 1.63. The molecular formula is C5H13KO4SSi. The van der Waals surface area contributed by atoms with Gasteiger partial charge in [0.25, 0.3) is 0 Å². The first-order valence-electron chi connectivity index (χ1n) is 2.95. The van der Waals surface area contributed by atoms with Crippen molar-refractivity contribution >= 4 is 77.7 Å². The molecule has 4 nitrogen and oxygen atoms in total. The van der Waals surface area contributed by atoms with Crippen molar-refractivity contribution in [2.24, 2.45) is 0 Å². The van der Waals surface area contributed by atoms with Gasteiger partial charge in [-0.25, -0.2) is 0 Å². The van der Waals surface area contributed by atoms with Gasteiger partial charge < -0.3 is 17.7 Å². The van der Waals surface area contributed by atoms with Gasteiger partial charge in [-0.3, -0.25) is 0 Å². The second-order valence-corrected chi connectivity index (χ2v) is 4.71. The molecule has 0 rings (SSSR count). The number of hydrogen-bond acceptors (Lipinski definition) is 5. The van der Waals surface area contributed by atoms with Crippen LogP contribution in [0.4, 0.5) is 0 Å². The molecule has 0 N–H and O–H groups in total. The van der Waals surface area contributed by atoms with Crippen LogP contribution in [0.3, 0.4) is 0 Å². The molecule has 0 bridgehead atoms. The number of rotatable bonds is 4. The predicted octanol–water partition coefficient (Wildman–Crippen LogP) is 0.0766. The van der Waals surface area contributed by atoms with Gasteiger partial charge in [0.2, 0.25) is 0 Å². The Labute approximate surface area is 122 Å². The zero-order valence-electron chi connectivity index (χ0n) is 7.04. The maximum absolute atomic E-state index is 5.09. The van der Waals surface area contributed by atoms with Gasteiger partial charge in [0, 0.05) is 28.3 Å². The molecule has 0 radical (unpaired) electrons. The van der Waals surface area contributed by atoms with Crippen molar-refractivity contribution in [1.82, 2.24) is 0 Å². The van der Waals surface area contributed by atoms with Crippen LogP contribution in [0.15, 0.2) is 0 Å². The Balaban J connectivity index is 0. The van der Waals surface area contributed by atoms with E-state index in [-0.39, 0.29) is 51.4 Å². The standard InChI is InChI=1S/C5H12O4SSi.K.H/c1-5(10)9-11(6-2,7-3)8-4;;/h1-4H3;;. The topological polar surface area (TPSA) is 36.9 Å². The van der Waals surface area contributed by atoms with Crippen molar-refractivity contribution in [2.45, 2.75) is 6.92 Å². The van der Waals surface area contributed by atoms with Gasteiger partial charge in [0.05, 0.1) is 0 Å². The van der Waals surface area contributed by atoms with Crippen LogP contribution in [0.2, 0.25) is 0 Å². The predicted molar refractivity (Wildman–Crippen MR) is 53.3 cm³/mol. The Morgan fingerprint density at radius 1 is 1.08 bits per heavy atom. The van der Waals surface area contributed by atoms with Crippen LogP contribution in [0, 0.1) is 0 Å². The third kappa shape index (κ3) is 5.37. The molecule has 0 atom stereocenters. The summed E-state index contributed by atoms with van der Waals surface area (Å²) in [6, 6.07) is 0. The van der Waals surface area contributed by atoms with Crippen LogP contribution >= 0.6 is 12.2 Å². The van der Waals surface area contributed by atoms with Gasteiger partial charge in [0.15, 0.2) is 0 Å². The van der Waals surface area contributed by atoms with E-state index in [0.29, 0.717) is 5.05 Å². The van der Waals surface area contributed by atoms with Crippen molar-refractivity contribution < 1.29 is 17.7 Å². The second kappa shape index (κ2) is 7.98. The molecule has 0 amide bonds. The Morgan fingerprint density at radius 2 is 1.42 bits per heavy atom. The first-order chi connectivity index (χ1) is 5.10. The molecule has 0 spiro atoms. The van der Waals surface area contributed by atoms with E-state index in [0.717, 1.165) is 0 Å². The van der Waals surface area contributed by atoms with Crippen molar-refractivity contribution in [3.05, 3.63) is 0 Å². The summed E-state index contributed by atoms with van der Waals surface area (Å²) in [7, 11) is 1.45. The fraction of sp³-hybridized carbons (Fsp3) is 0.800. The van der Waals surface area contributed by atoms with E-state index >= 15 is 0 Å². The summed E-state index contributed by atoms with van der Waals surface area (Å²) in [5.41, 5.74) is 0. The molecule has 68 valence electrons. The van der Waals surface area contributed by atoms with Crippen LogP contribution in [0.5, 0.6) is 0 Å². The van der Waals surface area contributed by atoms with Crippen LogP contribution in [0.1, 0.15) is 6.92 Å². The third-order valence-electron chi connectivity index (χ3n) is 1.02. The van der Waals surface area contributed by atoms with Crippen LogP contribution < -0.4 is 0 Å². The summed E-state index contributed by atoms with van der Waals surface area (Å²) >= 11 is 4.72. The van der Waals surface area contributed by atoms with E-state index < -0.39 is 9.05 Å². The quantitative estimate of drug-likeness (QED) is 0.510. The number of thiocarbonyl (C=S) groups is 1. The molecule has 0 aromatic carbocycles. The van der Waals surface area contributed by atoms with Crippen LogP contribution in [-0.4, -0.2) is 86.8 Å². The molecule has 0 aliphatic heterocycles. The van der Waals surface area contributed by atoms with E-state index in [1.54, 1.807) is 6.92 Å². The monoisotopic (exact) mass is 236 g/mol. The minimum absolute atomic E-state index is 0. The Kier molecular flexibility index (Phi) is 10.7. The number of hydrogen-bond donors (Lipinski definition) is 0. The van der Waals surface area contributed by atoms with Gasteiger partial charge in [-0.05, 0) is 12.2 Å². The Bertz CT molecular complexity index is 133. The third-order valence-corrected chi connectivity index (χ3v) is 3.31. The van der Waals surface area contributed by atoms with Gasteiger partial charge >= 0.3 is 60.4 Å². The summed E-state index contributed by atoms with van der Waals surface area (Å²) in [4.78, 5) is 0. The first-order valence-corrected chi connectivity index (χ1v) is 4.99. The molecule has 0 aliphatic carbocycles. The van der Waals surface area contributed by atoms with E-state index in [1.807, 2.05) is 0 Å². The second-order valence-electron chi connectivity index (χ2n) is 1.71. The molecular weight excluding hydrogens is 223 g/mol. The Morgan fingerprint density at radius 3 is 1.50 bits per heavy atom. The first kappa shape index (κ1) is 16.1. The SMILES string of the molecule is CO[Si](OC)(OC)OC(C)=S.[KH]. The molecule has 0 aromatic heterocycles. The fourth-order valence-electron chi connectivity index (χ4n) is 0.551. The van der Waals surface area contributed by atoms with Crippen molar-refractivity contribution in [3.63, 3.8) is 0 Å². The molecule has 0 aliphatic rings. The summed E-state index contributed by atoms with van der Waals surface area (Å²) < 4.78 is 19.9. The normalized spacial score (nSPS) is 10.3.